The van der Waals surface area contributed by atoms with E-state index in [4.69, 9.17) is 14.5 Å². The molecule has 0 radical (unpaired) electrons. The zero-order valence-electron chi connectivity index (χ0n) is 18.5. The van der Waals surface area contributed by atoms with Crippen LogP contribution in [-0.2, 0) is 12.8 Å². The van der Waals surface area contributed by atoms with Crippen LogP contribution in [0.3, 0.4) is 0 Å². The monoisotopic (exact) mass is 409 g/mol. The van der Waals surface area contributed by atoms with Gasteiger partial charge in [-0.25, -0.2) is 0 Å². The number of aromatic nitrogens is 1. The van der Waals surface area contributed by atoms with E-state index in [1.807, 2.05) is 6.07 Å². The highest BCUT2D eigenvalue weighted by Crippen LogP contribution is 2.40. The van der Waals surface area contributed by atoms with Crippen LogP contribution in [-0.4, -0.2) is 49.3 Å². The normalized spacial score (nSPS) is 21.0. The Morgan fingerprint density at radius 3 is 2.37 bits per heavy atom. The molecule has 30 heavy (non-hydrogen) atoms. The van der Waals surface area contributed by atoms with Crippen molar-refractivity contribution in [2.75, 3.05) is 32.6 Å². The molecule has 1 aromatic heterocycles. The third-order valence-electron chi connectivity index (χ3n) is 7.49. The number of ether oxygens (including phenoxy) is 2. The number of nitrogens with one attached hydrogen (secondary N) is 1. The van der Waals surface area contributed by atoms with E-state index in [9.17, 15) is 0 Å². The molecule has 0 unspecified atom stereocenters. The highest BCUT2D eigenvalue weighted by atomic mass is 16.5. The van der Waals surface area contributed by atoms with E-state index >= 15 is 0 Å². The molecule has 2 aromatic rings. The molecule has 162 valence electrons. The van der Waals surface area contributed by atoms with Crippen molar-refractivity contribution >= 4 is 16.6 Å². The van der Waals surface area contributed by atoms with Crippen LogP contribution < -0.4 is 14.8 Å². The number of nitrogens with zero attached hydrogens (tertiary/aromatic N) is 2. The number of anilines is 1. The van der Waals surface area contributed by atoms with Crippen LogP contribution in [0, 0.1) is 0 Å². The third-order valence-corrected chi connectivity index (χ3v) is 7.49. The predicted molar refractivity (Wildman–Crippen MR) is 122 cm³/mol. The van der Waals surface area contributed by atoms with E-state index in [-0.39, 0.29) is 0 Å². The van der Waals surface area contributed by atoms with E-state index in [0.717, 1.165) is 35.9 Å². The fourth-order valence-corrected chi connectivity index (χ4v) is 5.81. The molecule has 1 saturated carbocycles. The van der Waals surface area contributed by atoms with Gasteiger partial charge < -0.3 is 19.7 Å². The van der Waals surface area contributed by atoms with Gasteiger partial charge >= 0.3 is 0 Å². The number of fused-ring (bicyclic) bond motifs is 2. The van der Waals surface area contributed by atoms with Crippen LogP contribution >= 0.6 is 0 Å². The van der Waals surface area contributed by atoms with Crippen molar-refractivity contribution in [3.05, 3.63) is 23.4 Å². The van der Waals surface area contributed by atoms with Gasteiger partial charge in [0.15, 0.2) is 11.5 Å². The Labute approximate surface area is 180 Å². The second kappa shape index (κ2) is 8.62. The van der Waals surface area contributed by atoms with Gasteiger partial charge in [-0.2, -0.15) is 0 Å². The van der Waals surface area contributed by atoms with Gasteiger partial charge in [0.1, 0.15) is 0 Å². The lowest BCUT2D eigenvalue weighted by Crippen LogP contribution is -2.45. The van der Waals surface area contributed by atoms with Crippen molar-refractivity contribution < 1.29 is 9.47 Å². The average Bonchev–Trinajstić information content (AvgIpc) is 3.27. The zero-order valence-corrected chi connectivity index (χ0v) is 18.5. The number of benzene rings is 1. The zero-order chi connectivity index (χ0) is 20.5. The average molecular weight is 410 g/mol. The third kappa shape index (κ3) is 3.73. The smallest absolute Gasteiger partial charge is 0.162 e. The van der Waals surface area contributed by atoms with Gasteiger partial charge in [-0.15, -0.1) is 0 Å². The summed E-state index contributed by atoms with van der Waals surface area (Å²) in [5.41, 5.74) is 4.99. The molecular weight excluding hydrogens is 374 g/mol. The predicted octanol–water partition coefficient (Wildman–Crippen LogP) is 4.95. The first-order valence-corrected chi connectivity index (χ1v) is 11.8. The largest absolute Gasteiger partial charge is 0.493 e. The van der Waals surface area contributed by atoms with Crippen molar-refractivity contribution in [2.45, 2.75) is 76.3 Å². The molecule has 1 saturated heterocycles. The number of hydrogen-bond donors (Lipinski definition) is 1. The molecule has 2 heterocycles. The Kier molecular flexibility index (Phi) is 5.72. The summed E-state index contributed by atoms with van der Waals surface area (Å²) in [5.74, 6) is 1.53. The molecule has 1 aliphatic heterocycles. The van der Waals surface area contributed by atoms with Gasteiger partial charge in [-0.05, 0) is 56.6 Å². The molecule has 1 N–H and O–H groups in total. The molecule has 2 aliphatic carbocycles. The number of piperidine rings is 1. The summed E-state index contributed by atoms with van der Waals surface area (Å²) in [6, 6.07) is 5.51. The van der Waals surface area contributed by atoms with Crippen LogP contribution in [0.15, 0.2) is 12.1 Å². The first-order chi connectivity index (χ1) is 14.8. The van der Waals surface area contributed by atoms with Crippen LogP contribution in [0.1, 0.15) is 62.6 Å². The van der Waals surface area contributed by atoms with Gasteiger partial charge in [0.25, 0.3) is 0 Å². The van der Waals surface area contributed by atoms with Crippen molar-refractivity contribution in [1.82, 2.24) is 9.88 Å². The minimum atomic E-state index is 0.535. The molecule has 1 aromatic carbocycles. The van der Waals surface area contributed by atoms with Gasteiger partial charge in [0.2, 0.25) is 0 Å². The SMILES string of the molecule is COc1cc2nc3c(c(NC4CCN(C5CCCCC5)CC4)c2cc1OC)CCC3. The number of pyridine rings is 1. The first kappa shape index (κ1) is 19.9. The maximum Gasteiger partial charge on any atom is 0.162 e. The number of hydrogen-bond acceptors (Lipinski definition) is 5. The topological polar surface area (TPSA) is 46.6 Å². The molecule has 5 rings (SSSR count). The Hall–Kier alpha value is -2.01. The fraction of sp³-hybridized carbons (Fsp3) is 0.640. The molecule has 0 amide bonds. The number of methoxy groups -OCH3 is 2. The van der Waals surface area contributed by atoms with Gasteiger partial charge in [-0.1, -0.05) is 19.3 Å². The molecular formula is C25H35N3O2. The summed E-state index contributed by atoms with van der Waals surface area (Å²) >= 11 is 0. The van der Waals surface area contributed by atoms with Crippen molar-refractivity contribution in [1.29, 1.82) is 0 Å². The van der Waals surface area contributed by atoms with E-state index < -0.39 is 0 Å². The maximum absolute atomic E-state index is 5.60. The molecule has 3 aliphatic rings. The summed E-state index contributed by atoms with van der Waals surface area (Å²) < 4.78 is 11.1. The Bertz CT molecular complexity index is 899. The molecule has 0 bridgehead atoms. The number of aryl methyl sites for hydroxylation is 1. The van der Waals surface area contributed by atoms with Crippen LogP contribution in [0.5, 0.6) is 11.5 Å². The van der Waals surface area contributed by atoms with Crippen molar-refractivity contribution in [2.24, 2.45) is 0 Å². The summed E-state index contributed by atoms with van der Waals surface area (Å²) in [6.45, 7) is 2.45. The molecule has 0 spiro atoms. The van der Waals surface area contributed by atoms with E-state index in [0.29, 0.717) is 6.04 Å². The van der Waals surface area contributed by atoms with Gasteiger partial charge in [0, 0.05) is 48.0 Å². The standard InChI is InChI=1S/C25H35N3O2/c1-29-23-15-20-22(16-24(23)30-2)27-21-10-6-9-19(21)25(20)26-17-11-13-28(14-12-17)18-7-4-3-5-8-18/h15-18H,3-14H2,1-2H3,(H,26,27). The second-order valence-corrected chi connectivity index (χ2v) is 9.24. The van der Waals surface area contributed by atoms with E-state index in [2.05, 4.69) is 16.3 Å². The summed E-state index contributed by atoms with van der Waals surface area (Å²) in [4.78, 5) is 7.75. The van der Waals surface area contributed by atoms with E-state index in [1.54, 1.807) is 14.2 Å². The summed E-state index contributed by atoms with van der Waals surface area (Å²) in [6.07, 6.45) is 12.9. The van der Waals surface area contributed by atoms with Gasteiger partial charge in [-0.3, -0.25) is 4.98 Å². The van der Waals surface area contributed by atoms with Crippen LogP contribution in [0.25, 0.3) is 10.9 Å². The summed E-state index contributed by atoms with van der Waals surface area (Å²) in [7, 11) is 3.40. The van der Waals surface area contributed by atoms with E-state index in [1.165, 1.54) is 86.8 Å². The Morgan fingerprint density at radius 2 is 1.63 bits per heavy atom. The number of likely N-dealkylation sites (tertiary alicyclic amines) is 1. The number of rotatable bonds is 5. The Morgan fingerprint density at radius 1 is 0.900 bits per heavy atom. The Balaban J connectivity index is 1.40. The van der Waals surface area contributed by atoms with Crippen LogP contribution in [0.4, 0.5) is 5.69 Å². The first-order valence-electron chi connectivity index (χ1n) is 11.8. The molecule has 0 atom stereocenters. The minimum absolute atomic E-state index is 0.535. The highest BCUT2D eigenvalue weighted by molar-refractivity contribution is 5.96. The molecule has 5 heteroatoms. The quantitative estimate of drug-likeness (QED) is 0.757. The maximum atomic E-state index is 5.60. The summed E-state index contributed by atoms with van der Waals surface area (Å²) in [5, 5.41) is 5.14. The lowest BCUT2D eigenvalue weighted by atomic mass is 9.92. The van der Waals surface area contributed by atoms with Gasteiger partial charge in [0.05, 0.1) is 19.7 Å². The second-order valence-electron chi connectivity index (χ2n) is 9.24. The molecule has 2 fully saturated rings. The van der Waals surface area contributed by atoms with Crippen molar-refractivity contribution in [3.8, 4) is 11.5 Å². The minimum Gasteiger partial charge on any atom is -0.493 e. The lowest BCUT2D eigenvalue weighted by Gasteiger charge is -2.40. The fourth-order valence-electron chi connectivity index (χ4n) is 5.81. The molecule has 5 nitrogen and oxygen atoms in total. The van der Waals surface area contributed by atoms with Crippen molar-refractivity contribution in [3.63, 3.8) is 0 Å². The highest BCUT2D eigenvalue weighted by Gasteiger charge is 2.28. The lowest BCUT2D eigenvalue weighted by molar-refractivity contribution is 0.126. The van der Waals surface area contributed by atoms with Crippen LogP contribution in [0.2, 0.25) is 0 Å².